The van der Waals surface area contributed by atoms with E-state index in [1.54, 1.807) is 13.0 Å². The predicted molar refractivity (Wildman–Crippen MR) is 117 cm³/mol. The molecule has 0 spiro atoms. The van der Waals surface area contributed by atoms with Crippen LogP contribution < -0.4 is 16.0 Å². The minimum absolute atomic E-state index is 0.00320. The van der Waals surface area contributed by atoms with Crippen LogP contribution in [0.5, 0.6) is 5.75 Å². The zero-order valence-electron chi connectivity index (χ0n) is 17.4. The summed E-state index contributed by atoms with van der Waals surface area (Å²) in [6.07, 6.45) is -2.67. The van der Waals surface area contributed by atoms with Crippen molar-refractivity contribution >= 4 is 27.0 Å². The summed E-state index contributed by atoms with van der Waals surface area (Å²) >= 11 is 3.25. The van der Waals surface area contributed by atoms with Crippen LogP contribution in [0.3, 0.4) is 0 Å². The Hall–Kier alpha value is -2.46. The molecule has 168 valence electrons. The van der Waals surface area contributed by atoms with Gasteiger partial charge in [-0.05, 0) is 34.5 Å². The molecule has 31 heavy (non-hydrogen) atoms. The Morgan fingerprint density at radius 1 is 1.29 bits per heavy atom. The van der Waals surface area contributed by atoms with E-state index in [-0.39, 0.29) is 35.9 Å². The van der Waals surface area contributed by atoms with Crippen molar-refractivity contribution in [1.29, 1.82) is 0 Å². The first-order chi connectivity index (χ1) is 14.7. The number of rotatable bonds is 6. The lowest BCUT2D eigenvalue weighted by Crippen LogP contribution is -2.17. The molecule has 2 aromatic heterocycles. The van der Waals surface area contributed by atoms with E-state index in [0.717, 1.165) is 6.07 Å². The van der Waals surface area contributed by atoms with Gasteiger partial charge in [0.1, 0.15) is 11.6 Å². The first kappa shape index (κ1) is 24.8. The number of nitrogens with one attached hydrogen (secondary N) is 1. The third-order valence-electron chi connectivity index (χ3n) is 4.43. The molecule has 6 nitrogen and oxygen atoms in total. The number of benzene rings is 1. The SMILES string of the molecule is CC.CC(CCOc1c(CN)cccc1C(F)(F)F)c1nc2ncc(Br)cc2c(=O)[nH]1. The molecule has 2 heterocycles. The van der Waals surface area contributed by atoms with Crippen LogP contribution in [-0.4, -0.2) is 21.6 Å². The zero-order chi connectivity index (χ0) is 23.2. The fourth-order valence-corrected chi connectivity index (χ4v) is 3.19. The smallest absolute Gasteiger partial charge is 0.419 e. The Bertz CT molecular complexity index is 1090. The number of para-hydroxylation sites is 1. The van der Waals surface area contributed by atoms with Crippen LogP contribution in [0.4, 0.5) is 13.2 Å². The zero-order valence-corrected chi connectivity index (χ0v) is 19.0. The normalized spacial score (nSPS) is 12.3. The van der Waals surface area contributed by atoms with Gasteiger partial charge in [0, 0.05) is 28.7 Å². The van der Waals surface area contributed by atoms with Crippen LogP contribution in [0.1, 0.15) is 50.1 Å². The summed E-state index contributed by atoms with van der Waals surface area (Å²) in [6.45, 7) is 5.72. The van der Waals surface area contributed by atoms with E-state index in [9.17, 15) is 18.0 Å². The average molecular weight is 501 g/mol. The van der Waals surface area contributed by atoms with Gasteiger partial charge in [0.05, 0.1) is 17.6 Å². The lowest BCUT2D eigenvalue weighted by atomic mass is 10.1. The van der Waals surface area contributed by atoms with E-state index >= 15 is 0 Å². The van der Waals surface area contributed by atoms with E-state index in [0.29, 0.717) is 27.8 Å². The summed E-state index contributed by atoms with van der Waals surface area (Å²) in [5, 5.41) is 0.346. The van der Waals surface area contributed by atoms with Crippen molar-refractivity contribution in [3.63, 3.8) is 0 Å². The molecule has 0 bridgehead atoms. The molecular formula is C21H24BrF3N4O2. The van der Waals surface area contributed by atoms with Crippen LogP contribution in [0.2, 0.25) is 0 Å². The molecule has 0 aliphatic carbocycles. The largest absolute Gasteiger partial charge is 0.493 e. The second-order valence-corrected chi connectivity index (χ2v) is 7.43. The van der Waals surface area contributed by atoms with Gasteiger partial charge in [-0.25, -0.2) is 9.97 Å². The molecule has 3 aromatic rings. The number of fused-ring (bicyclic) bond motifs is 1. The third-order valence-corrected chi connectivity index (χ3v) is 4.87. The summed E-state index contributed by atoms with van der Waals surface area (Å²) < 4.78 is 45.9. The van der Waals surface area contributed by atoms with Crippen LogP contribution in [0.25, 0.3) is 11.0 Å². The van der Waals surface area contributed by atoms with Gasteiger partial charge in [0.2, 0.25) is 0 Å². The van der Waals surface area contributed by atoms with E-state index in [1.807, 2.05) is 13.8 Å². The van der Waals surface area contributed by atoms with Gasteiger partial charge in [0.15, 0.2) is 5.65 Å². The van der Waals surface area contributed by atoms with Gasteiger partial charge in [-0.1, -0.05) is 32.9 Å². The predicted octanol–water partition coefficient (Wildman–Crippen LogP) is 5.16. The fraction of sp³-hybridized carbons (Fsp3) is 0.381. The standard InChI is InChI=1S/C19H18BrF3N4O2.C2H6/c1-10(16-26-17-13(18(28)27-16)7-12(20)9-25-17)5-6-29-15-11(8-24)3-2-4-14(15)19(21,22)23;1-2/h2-4,7,9-10H,5-6,8,24H2,1H3,(H,25,26,27,28);1-2H3. The van der Waals surface area contributed by atoms with Crippen molar-refractivity contribution < 1.29 is 17.9 Å². The summed E-state index contributed by atoms with van der Waals surface area (Å²) in [5.74, 6) is -0.137. The first-order valence-electron chi connectivity index (χ1n) is 9.78. The van der Waals surface area contributed by atoms with Gasteiger partial charge < -0.3 is 15.5 Å². The molecule has 1 aromatic carbocycles. The van der Waals surface area contributed by atoms with Crippen molar-refractivity contribution in [3.05, 3.63) is 62.2 Å². The Morgan fingerprint density at radius 3 is 2.65 bits per heavy atom. The van der Waals surface area contributed by atoms with Crippen LogP contribution in [0.15, 0.2) is 39.7 Å². The van der Waals surface area contributed by atoms with E-state index in [4.69, 9.17) is 10.5 Å². The van der Waals surface area contributed by atoms with Crippen molar-refractivity contribution in [2.24, 2.45) is 5.73 Å². The maximum atomic E-state index is 13.3. The molecule has 1 unspecified atom stereocenters. The molecule has 10 heteroatoms. The molecule has 0 aliphatic rings. The number of nitrogens with zero attached hydrogens (tertiary/aromatic N) is 2. The molecular weight excluding hydrogens is 477 g/mol. The van der Waals surface area contributed by atoms with Crippen molar-refractivity contribution in [2.75, 3.05) is 6.61 Å². The number of nitrogens with two attached hydrogens (primary N) is 1. The lowest BCUT2D eigenvalue weighted by molar-refractivity contribution is -0.139. The number of hydrogen-bond donors (Lipinski definition) is 2. The topological polar surface area (TPSA) is 93.9 Å². The van der Waals surface area contributed by atoms with Crippen LogP contribution >= 0.6 is 15.9 Å². The van der Waals surface area contributed by atoms with Gasteiger partial charge in [0.25, 0.3) is 5.56 Å². The Morgan fingerprint density at radius 2 is 2.00 bits per heavy atom. The summed E-state index contributed by atoms with van der Waals surface area (Å²) in [5.41, 5.74) is 4.94. The Kier molecular flexibility index (Phi) is 8.58. The minimum atomic E-state index is -4.54. The van der Waals surface area contributed by atoms with Crippen molar-refractivity contribution in [2.45, 2.75) is 45.8 Å². The highest BCUT2D eigenvalue weighted by molar-refractivity contribution is 9.10. The number of aromatic nitrogens is 3. The van der Waals surface area contributed by atoms with Gasteiger partial charge >= 0.3 is 6.18 Å². The third kappa shape index (κ3) is 6.04. The highest BCUT2D eigenvalue weighted by Gasteiger charge is 2.35. The molecule has 0 fully saturated rings. The van der Waals surface area contributed by atoms with E-state index < -0.39 is 11.7 Å². The fourth-order valence-electron chi connectivity index (χ4n) is 2.86. The Balaban J connectivity index is 0.00000166. The average Bonchev–Trinajstić information content (AvgIpc) is 2.74. The lowest BCUT2D eigenvalue weighted by Gasteiger charge is -2.18. The molecule has 1 atom stereocenters. The molecule has 0 aliphatic heterocycles. The van der Waals surface area contributed by atoms with Crippen LogP contribution in [-0.2, 0) is 12.7 Å². The molecule has 0 amide bonds. The summed E-state index contributed by atoms with van der Waals surface area (Å²) in [7, 11) is 0. The molecule has 0 radical (unpaired) electrons. The minimum Gasteiger partial charge on any atom is -0.493 e. The Labute approximate surface area is 186 Å². The second-order valence-electron chi connectivity index (χ2n) is 6.51. The number of alkyl halides is 3. The van der Waals surface area contributed by atoms with E-state index in [2.05, 4.69) is 30.9 Å². The van der Waals surface area contributed by atoms with Crippen molar-refractivity contribution in [1.82, 2.24) is 15.0 Å². The van der Waals surface area contributed by atoms with Crippen LogP contribution in [0, 0.1) is 0 Å². The number of hydrogen-bond acceptors (Lipinski definition) is 5. The monoisotopic (exact) mass is 500 g/mol. The van der Waals surface area contributed by atoms with Crippen molar-refractivity contribution in [3.8, 4) is 5.75 Å². The van der Waals surface area contributed by atoms with Gasteiger partial charge in [-0.15, -0.1) is 0 Å². The number of ether oxygens (including phenoxy) is 1. The van der Waals surface area contributed by atoms with E-state index in [1.165, 1.54) is 18.3 Å². The number of H-pyrrole nitrogens is 1. The number of halogens is 4. The van der Waals surface area contributed by atoms with Gasteiger partial charge in [-0.3, -0.25) is 4.79 Å². The number of pyridine rings is 1. The molecule has 0 saturated heterocycles. The highest BCUT2D eigenvalue weighted by Crippen LogP contribution is 2.38. The molecule has 0 saturated carbocycles. The number of aromatic amines is 1. The van der Waals surface area contributed by atoms with Gasteiger partial charge in [-0.2, -0.15) is 13.2 Å². The maximum absolute atomic E-state index is 13.3. The quantitative estimate of drug-likeness (QED) is 0.487. The summed E-state index contributed by atoms with van der Waals surface area (Å²) in [6, 6.07) is 5.38. The second kappa shape index (κ2) is 10.7. The molecule has 3 rings (SSSR count). The first-order valence-corrected chi connectivity index (χ1v) is 10.6. The maximum Gasteiger partial charge on any atom is 0.419 e. The highest BCUT2D eigenvalue weighted by atomic mass is 79.9. The molecule has 3 N–H and O–H groups in total. The summed E-state index contributed by atoms with van der Waals surface area (Å²) in [4.78, 5) is 23.4.